The highest BCUT2D eigenvalue weighted by molar-refractivity contribution is 7.89. The van der Waals surface area contributed by atoms with E-state index >= 15 is 0 Å². The Hall–Kier alpha value is -3.24. The lowest BCUT2D eigenvalue weighted by atomic mass is 10.2. The van der Waals surface area contributed by atoms with Gasteiger partial charge < -0.3 is 5.32 Å². The lowest BCUT2D eigenvalue weighted by molar-refractivity contribution is -0.384. The zero-order valence-corrected chi connectivity index (χ0v) is 14.5. The Balaban J connectivity index is 2.00. The predicted octanol–water partition coefficient (Wildman–Crippen LogP) is 2.48. The topological polar surface area (TPSA) is 133 Å². The number of nitro benzene ring substituents is 1. The van der Waals surface area contributed by atoms with Gasteiger partial charge in [0.25, 0.3) is 5.69 Å². The van der Waals surface area contributed by atoms with Gasteiger partial charge in [-0.2, -0.15) is 5.10 Å². The SMILES string of the molecule is Cc1c(Nc2ccc(S(N)(=O)=O)cc2[N+](=O)[O-])cnn1-c1ccccc1. The van der Waals surface area contributed by atoms with Gasteiger partial charge in [0.15, 0.2) is 0 Å². The fraction of sp³-hybridized carbons (Fsp3) is 0.0625. The zero-order chi connectivity index (χ0) is 18.9. The third kappa shape index (κ3) is 3.41. The van der Waals surface area contributed by atoms with Gasteiger partial charge in [-0.3, -0.25) is 10.1 Å². The van der Waals surface area contributed by atoms with Crippen LogP contribution in [0.4, 0.5) is 17.1 Å². The molecule has 2 aromatic carbocycles. The van der Waals surface area contributed by atoms with Crippen molar-refractivity contribution in [2.45, 2.75) is 11.8 Å². The first kappa shape index (κ1) is 17.6. The highest BCUT2D eigenvalue weighted by Crippen LogP contribution is 2.31. The van der Waals surface area contributed by atoms with Crippen LogP contribution in [0.2, 0.25) is 0 Å². The van der Waals surface area contributed by atoms with E-state index in [0.29, 0.717) is 5.69 Å². The number of nitrogens with two attached hydrogens (primary N) is 1. The van der Waals surface area contributed by atoms with Gasteiger partial charge in [-0.1, -0.05) is 18.2 Å². The highest BCUT2D eigenvalue weighted by Gasteiger charge is 2.20. The fourth-order valence-corrected chi connectivity index (χ4v) is 2.99. The standard InChI is InChI=1S/C16H15N5O4S/c1-11-15(10-18-20(11)12-5-3-2-4-6-12)19-14-8-7-13(26(17,24)25)9-16(14)21(22)23/h2-10,19H,1H3,(H2,17,24,25). The molecule has 0 saturated heterocycles. The summed E-state index contributed by atoms with van der Waals surface area (Å²) in [6.07, 6.45) is 1.54. The van der Waals surface area contributed by atoms with Crippen molar-refractivity contribution in [3.8, 4) is 5.69 Å². The molecule has 0 saturated carbocycles. The van der Waals surface area contributed by atoms with Crippen molar-refractivity contribution >= 4 is 27.1 Å². The maximum atomic E-state index is 11.4. The van der Waals surface area contributed by atoms with Crippen molar-refractivity contribution in [1.29, 1.82) is 0 Å². The Bertz CT molecular complexity index is 1080. The molecular weight excluding hydrogens is 358 g/mol. The van der Waals surface area contributed by atoms with Gasteiger partial charge >= 0.3 is 0 Å². The number of anilines is 2. The molecule has 3 rings (SSSR count). The zero-order valence-electron chi connectivity index (χ0n) is 13.7. The molecule has 0 fully saturated rings. The molecule has 9 nitrogen and oxygen atoms in total. The number of primary sulfonamides is 1. The van der Waals surface area contributed by atoms with Crippen LogP contribution < -0.4 is 10.5 Å². The molecule has 0 radical (unpaired) electrons. The molecule has 0 atom stereocenters. The molecule has 0 aliphatic carbocycles. The lowest BCUT2D eigenvalue weighted by Gasteiger charge is -2.09. The Labute approximate surface area is 149 Å². The second-order valence-corrected chi connectivity index (χ2v) is 7.06. The monoisotopic (exact) mass is 373 g/mol. The number of para-hydroxylation sites is 1. The van der Waals surface area contributed by atoms with Gasteiger partial charge in [0.1, 0.15) is 5.69 Å². The van der Waals surface area contributed by atoms with Crippen LogP contribution in [0.25, 0.3) is 5.69 Å². The van der Waals surface area contributed by atoms with Gasteiger partial charge in [0.05, 0.1) is 33.1 Å². The van der Waals surface area contributed by atoms with Crippen LogP contribution in [-0.2, 0) is 10.0 Å². The summed E-state index contributed by atoms with van der Waals surface area (Å²) in [5, 5.41) is 23.6. The third-order valence-electron chi connectivity index (χ3n) is 3.77. The van der Waals surface area contributed by atoms with E-state index in [9.17, 15) is 18.5 Å². The van der Waals surface area contributed by atoms with Crippen LogP contribution in [0.15, 0.2) is 59.6 Å². The first-order valence-corrected chi connectivity index (χ1v) is 9.00. The number of sulfonamides is 1. The number of aromatic nitrogens is 2. The van der Waals surface area contributed by atoms with E-state index < -0.39 is 20.6 Å². The van der Waals surface area contributed by atoms with E-state index in [-0.39, 0.29) is 10.6 Å². The van der Waals surface area contributed by atoms with E-state index in [1.54, 1.807) is 10.9 Å². The van der Waals surface area contributed by atoms with Gasteiger partial charge in [-0.05, 0) is 31.2 Å². The maximum absolute atomic E-state index is 11.4. The number of benzene rings is 2. The van der Waals surface area contributed by atoms with Crippen molar-refractivity contribution in [3.63, 3.8) is 0 Å². The molecule has 0 aliphatic heterocycles. The summed E-state index contributed by atoms with van der Waals surface area (Å²) < 4.78 is 24.5. The molecule has 3 aromatic rings. The molecule has 0 amide bonds. The van der Waals surface area contributed by atoms with Crippen LogP contribution in [0, 0.1) is 17.0 Å². The van der Waals surface area contributed by atoms with Gasteiger partial charge in [0, 0.05) is 6.07 Å². The Kier molecular flexibility index (Phi) is 4.45. The number of nitro groups is 1. The highest BCUT2D eigenvalue weighted by atomic mass is 32.2. The number of rotatable bonds is 5. The van der Waals surface area contributed by atoms with Crippen LogP contribution >= 0.6 is 0 Å². The van der Waals surface area contributed by atoms with Gasteiger partial charge in [0.2, 0.25) is 10.0 Å². The number of hydrogen-bond acceptors (Lipinski definition) is 6. The molecule has 1 heterocycles. The molecule has 0 unspecified atom stereocenters. The molecular formula is C16H15N5O4S. The van der Waals surface area contributed by atoms with Crippen molar-refractivity contribution in [3.05, 3.63) is 70.5 Å². The van der Waals surface area contributed by atoms with Crippen LogP contribution in [0.1, 0.15) is 5.69 Å². The Morgan fingerprint density at radius 1 is 1.15 bits per heavy atom. The van der Waals surface area contributed by atoms with E-state index in [1.165, 1.54) is 12.1 Å². The minimum Gasteiger partial charge on any atom is -0.347 e. The summed E-state index contributed by atoms with van der Waals surface area (Å²) in [5.74, 6) is 0. The predicted molar refractivity (Wildman–Crippen MR) is 96.1 cm³/mol. The van der Waals surface area contributed by atoms with E-state index in [0.717, 1.165) is 17.4 Å². The average Bonchev–Trinajstić information content (AvgIpc) is 2.95. The Morgan fingerprint density at radius 2 is 1.85 bits per heavy atom. The summed E-state index contributed by atoms with van der Waals surface area (Å²) in [5.41, 5.74) is 1.87. The minimum atomic E-state index is -4.04. The summed E-state index contributed by atoms with van der Waals surface area (Å²) in [4.78, 5) is 10.3. The van der Waals surface area contributed by atoms with Crippen LogP contribution in [0.5, 0.6) is 0 Å². The van der Waals surface area contributed by atoms with Crippen molar-refractivity contribution < 1.29 is 13.3 Å². The minimum absolute atomic E-state index is 0.137. The molecule has 0 spiro atoms. The second kappa shape index (κ2) is 6.58. The van der Waals surface area contributed by atoms with Crippen molar-refractivity contribution in [2.24, 2.45) is 5.14 Å². The van der Waals surface area contributed by atoms with Crippen molar-refractivity contribution in [2.75, 3.05) is 5.32 Å². The van der Waals surface area contributed by atoms with Crippen molar-refractivity contribution in [1.82, 2.24) is 9.78 Å². The first-order valence-electron chi connectivity index (χ1n) is 7.45. The fourth-order valence-electron chi connectivity index (χ4n) is 2.45. The smallest absolute Gasteiger partial charge is 0.294 e. The van der Waals surface area contributed by atoms with Gasteiger partial charge in [-0.15, -0.1) is 0 Å². The molecule has 134 valence electrons. The van der Waals surface area contributed by atoms with Gasteiger partial charge in [-0.25, -0.2) is 18.2 Å². The third-order valence-corrected chi connectivity index (χ3v) is 4.69. The molecule has 0 bridgehead atoms. The molecule has 26 heavy (non-hydrogen) atoms. The molecule has 0 aliphatic rings. The van der Waals surface area contributed by atoms with E-state index in [2.05, 4.69) is 10.4 Å². The van der Waals surface area contributed by atoms with Crippen LogP contribution in [0.3, 0.4) is 0 Å². The second-order valence-electron chi connectivity index (χ2n) is 5.50. The number of nitrogens with zero attached hydrogens (tertiary/aromatic N) is 3. The summed E-state index contributed by atoms with van der Waals surface area (Å²) in [6.45, 7) is 1.81. The first-order chi connectivity index (χ1) is 12.3. The summed E-state index contributed by atoms with van der Waals surface area (Å²) in [6, 6.07) is 12.8. The Morgan fingerprint density at radius 3 is 2.46 bits per heavy atom. The quantitative estimate of drug-likeness (QED) is 0.521. The molecule has 10 heteroatoms. The average molecular weight is 373 g/mol. The lowest BCUT2D eigenvalue weighted by Crippen LogP contribution is -2.12. The number of hydrogen-bond donors (Lipinski definition) is 2. The molecule has 3 N–H and O–H groups in total. The van der Waals surface area contributed by atoms with E-state index in [1.807, 2.05) is 37.3 Å². The number of nitrogens with one attached hydrogen (secondary N) is 1. The molecule has 1 aromatic heterocycles. The maximum Gasteiger partial charge on any atom is 0.294 e. The van der Waals surface area contributed by atoms with E-state index in [4.69, 9.17) is 5.14 Å². The van der Waals surface area contributed by atoms with Crippen LogP contribution in [-0.4, -0.2) is 23.1 Å². The normalized spacial score (nSPS) is 11.3. The largest absolute Gasteiger partial charge is 0.347 e. The summed E-state index contributed by atoms with van der Waals surface area (Å²) >= 11 is 0. The summed E-state index contributed by atoms with van der Waals surface area (Å²) in [7, 11) is -4.04.